The number of pyridine rings is 1. The highest BCUT2D eigenvalue weighted by molar-refractivity contribution is 7.16. The topological polar surface area (TPSA) is 62.0 Å². The lowest BCUT2D eigenvalue weighted by Crippen LogP contribution is -2.36. The van der Waals surface area contributed by atoms with E-state index in [2.05, 4.69) is 20.9 Å². The van der Waals surface area contributed by atoms with E-state index in [1.807, 2.05) is 24.4 Å². The molecule has 0 spiro atoms. The number of aromatic nitrogens is 2. The summed E-state index contributed by atoms with van der Waals surface area (Å²) < 4.78 is 5.34. The molecule has 2 aromatic heterocycles. The molecule has 1 aliphatic heterocycles. The molecule has 3 rings (SSSR count). The minimum Gasteiger partial charge on any atom is -0.378 e. The molecule has 0 N–H and O–H groups in total. The fraction of sp³-hybridized carbons (Fsp3) is 0.267. The molecule has 0 radical (unpaired) electrons. The molecule has 0 bridgehead atoms. The van der Waals surface area contributed by atoms with Gasteiger partial charge in [0.05, 0.1) is 18.8 Å². The number of nitriles is 1. The summed E-state index contributed by atoms with van der Waals surface area (Å²) in [6.45, 7) is 3.29. The van der Waals surface area contributed by atoms with Crippen LogP contribution in [0.2, 0.25) is 0 Å². The van der Waals surface area contributed by atoms with E-state index in [-0.39, 0.29) is 0 Å². The molecule has 106 valence electrons. The van der Waals surface area contributed by atoms with Crippen molar-refractivity contribution >= 4 is 28.6 Å². The van der Waals surface area contributed by atoms with Gasteiger partial charge in [0.15, 0.2) is 5.13 Å². The lowest BCUT2D eigenvalue weighted by atomic mass is 10.1. The number of thiazole rings is 1. The molecule has 2 aromatic rings. The number of hydrogen-bond donors (Lipinski definition) is 0. The first-order valence-corrected chi connectivity index (χ1v) is 7.49. The predicted octanol–water partition coefficient (Wildman–Crippen LogP) is 2.42. The van der Waals surface area contributed by atoms with Gasteiger partial charge in [-0.25, -0.2) is 4.98 Å². The molecule has 0 amide bonds. The van der Waals surface area contributed by atoms with Gasteiger partial charge in [0, 0.05) is 36.6 Å². The Morgan fingerprint density at radius 1 is 1.29 bits per heavy atom. The Bertz CT molecular complexity index is 683. The second-order valence-electron chi connectivity index (χ2n) is 4.55. The molecule has 1 aliphatic rings. The zero-order valence-corrected chi connectivity index (χ0v) is 12.2. The lowest BCUT2D eigenvalue weighted by Gasteiger charge is -2.25. The van der Waals surface area contributed by atoms with Crippen LogP contribution in [0, 0.1) is 11.3 Å². The second kappa shape index (κ2) is 6.48. The van der Waals surface area contributed by atoms with Crippen LogP contribution in [0.15, 0.2) is 24.7 Å². The Kier molecular flexibility index (Phi) is 4.24. The van der Waals surface area contributed by atoms with Gasteiger partial charge in [0.2, 0.25) is 0 Å². The molecule has 21 heavy (non-hydrogen) atoms. The standard InChI is InChI=1S/C15H14N4OS/c16-9-13-10-17-4-3-12(13)1-2-14-11-18-15(21-14)19-5-7-20-8-6-19/h1-4,10-11H,5-8H2. The average molecular weight is 298 g/mol. The summed E-state index contributed by atoms with van der Waals surface area (Å²) in [5, 5.41) is 10.1. The summed E-state index contributed by atoms with van der Waals surface area (Å²) in [4.78, 5) is 11.7. The number of ether oxygens (including phenoxy) is 1. The van der Waals surface area contributed by atoms with E-state index in [9.17, 15) is 0 Å². The number of morpholine rings is 1. The number of rotatable bonds is 3. The predicted molar refractivity (Wildman–Crippen MR) is 83.0 cm³/mol. The summed E-state index contributed by atoms with van der Waals surface area (Å²) in [6.07, 6.45) is 9.03. The molecule has 0 aromatic carbocycles. The van der Waals surface area contributed by atoms with E-state index in [1.165, 1.54) is 0 Å². The van der Waals surface area contributed by atoms with Crippen LogP contribution >= 0.6 is 11.3 Å². The van der Waals surface area contributed by atoms with Crippen LogP contribution in [0.1, 0.15) is 16.0 Å². The van der Waals surface area contributed by atoms with Crippen molar-refractivity contribution in [3.05, 3.63) is 40.7 Å². The summed E-state index contributed by atoms with van der Waals surface area (Å²) in [5.74, 6) is 0. The van der Waals surface area contributed by atoms with Crippen LogP contribution < -0.4 is 4.90 Å². The largest absolute Gasteiger partial charge is 0.378 e. The first-order chi connectivity index (χ1) is 10.4. The minimum atomic E-state index is 0.576. The summed E-state index contributed by atoms with van der Waals surface area (Å²) in [7, 11) is 0. The number of anilines is 1. The maximum Gasteiger partial charge on any atom is 0.185 e. The Labute approximate surface area is 127 Å². The second-order valence-corrected chi connectivity index (χ2v) is 5.59. The van der Waals surface area contributed by atoms with Crippen LogP contribution in [0.5, 0.6) is 0 Å². The molecule has 0 saturated carbocycles. The molecule has 1 fully saturated rings. The van der Waals surface area contributed by atoms with Crippen molar-refractivity contribution in [1.29, 1.82) is 5.26 Å². The Hall–Kier alpha value is -2.23. The Morgan fingerprint density at radius 2 is 2.14 bits per heavy atom. The van der Waals surface area contributed by atoms with Gasteiger partial charge >= 0.3 is 0 Å². The van der Waals surface area contributed by atoms with Gasteiger partial charge in [0.1, 0.15) is 6.07 Å². The van der Waals surface area contributed by atoms with E-state index in [0.717, 1.165) is 41.9 Å². The SMILES string of the molecule is N#Cc1cnccc1C=Cc1cnc(N2CCOCC2)s1. The van der Waals surface area contributed by atoms with E-state index < -0.39 is 0 Å². The molecule has 0 unspecified atom stereocenters. The van der Waals surface area contributed by atoms with Crippen molar-refractivity contribution in [2.75, 3.05) is 31.2 Å². The summed E-state index contributed by atoms with van der Waals surface area (Å²) >= 11 is 1.65. The molecule has 3 heterocycles. The van der Waals surface area contributed by atoms with Crippen molar-refractivity contribution in [1.82, 2.24) is 9.97 Å². The first kappa shape index (κ1) is 13.7. The molecular weight excluding hydrogens is 284 g/mol. The highest BCUT2D eigenvalue weighted by Gasteiger charge is 2.13. The molecular formula is C15H14N4OS. The normalized spacial score (nSPS) is 15.3. The number of nitrogens with zero attached hydrogens (tertiary/aromatic N) is 4. The quantitative estimate of drug-likeness (QED) is 0.871. The molecule has 5 nitrogen and oxygen atoms in total. The van der Waals surface area contributed by atoms with Crippen molar-refractivity contribution in [3.8, 4) is 6.07 Å². The molecule has 1 saturated heterocycles. The van der Waals surface area contributed by atoms with E-state index in [4.69, 9.17) is 10.00 Å². The highest BCUT2D eigenvalue weighted by Crippen LogP contribution is 2.25. The third-order valence-electron chi connectivity index (χ3n) is 3.20. The third kappa shape index (κ3) is 3.27. The molecule has 0 atom stereocenters. The van der Waals surface area contributed by atoms with Gasteiger partial charge in [0.25, 0.3) is 0 Å². The number of hydrogen-bond acceptors (Lipinski definition) is 6. The van der Waals surface area contributed by atoms with Crippen LogP contribution in [-0.2, 0) is 4.74 Å². The van der Waals surface area contributed by atoms with E-state index >= 15 is 0 Å². The van der Waals surface area contributed by atoms with E-state index in [0.29, 0.717) is 5.56 Å². The molecule has 0 aliphatic carbocycles. The Morgan fingerprint density at radius 3 is 2.95 bits per heavy atom. The van der Waals surface area contributed by atoms with Gasteiger partial charge in [-0.05, 0) is 17.7 Å². The van der Waals surface area contributed by atoms with Crippen molar-refractivity contribution in [2.45, 2.75) is 0 Å². The lowest BCUT2D eigenvalue weighted by molar-refractivity contribution is 0.122. The van der Waals surface area contributed by atoms with E-state index in [1.54, 1.807) is 23.7 Å². The van der Waals surface area contributed by atoms with Crippen LogP contribution in [0.25, 0.3) is 12.2 Å². The molecule has 6 heteroatoms. The Balaban J connectivity index is 1.75. The zero-order valence-electron chi connectivity index (χ0n) is 11.4. The van der Waals surface area contributed by atoms with Gasteiger partial charge in [-0.3, -0.25) is 4.98 Å². The fourth-order valence-corrected chi connectivity index (χ4v) is 2.94. The van der Waals surface area contributed by atoms with Crippen LogP contribution in [0.3, 0.4) is 0 Å². The monoisotopic (exact) mass is 298 g/mol. The van der Waals surface area contributed by atoms with Gasteiger partial charge in [-0.15, -0.1) is 0 Å². The third-order valence-corrected chi connectivity index (χ3v) is 4.22. The summed E-state index contributed by atoms with van der Waals surface area (Å²) in [6, 6.07) is 3.97. The summed E-state index contributed by atoms with van der Waals surface area (Å²) in [5.41, 5.74) is 1.44. The zero-order chi connectivity index (χ0) is 14.5. The van der Waals surface area contributed by atoms with Gasteiger partial charge < -0.3 is 9.64 Å². The maximum atomic E-state index is 9.04. The first-order valence-electron chi connectivity index (χ1n) is 6.67. The fourth-order valence-electron chi connectivity index (χ4n) is 2.07. The van der Waals surface area contributed by atoms with Gasteiger partial charge in [-0.1, -0.05) is 17.4 Å². The van der Waals surface area contributed by atoms with Gasteiger partial charge in [-0.2, -0.15) is 5.26 Å². The van der Waals surface area contributed by atoms with Crippen molar-refractivity contribution < 1.29 is 4.74 Å². The van der Waals surface area contributed by atoms with Crippen LogP contribution in [0.4, 0.5) is 5.13 Å². The smallest absolute Gasteiger partial charge is 0.185 e. The van der Waals surface area contributed by atoms with Crippen molar-refractivity contribution in [2.24, 2.45) is 0 Å². The average Bonchev–Trinajstić information content (AvgIpc) is 3.03. The van der Waals surface area contributed by atoms with Crippen LogP contribution in [-0.4, -0.2) is 36.3 Å². The highest BCUT2D eigenvalue weighted by atomic mass is 32.1. The minimum absolute atomic E-state index is 0.576. The maximum absolute atomic E-state index is 9.04. The van der Waals surface area contributed by atoms with Crippen molar-refractivity contribution in [3.63, 3.8) is 0 Å².